The number of rotatable bonds is 6. The normalized spacial score (nSPS) is 11.8. The summed E-state index contributed by atoms with van der Waals surface area (Å²) >= 11 is 0. The molecule has 1 atom stereocenters. The van der Waals surface area contributed by atoms with Crippen molar-refractivity contribution in [1.29, 1.82) is 5.41 Å². The molecule has 144 valence electrons. The highest BCUT2D eigenvalue weighted by Gasteiger charge is 2.14. The Kier molecular flexibility index (Phi) is 5.42. The Bertz CT molecular complexity index is 1050. The number of nitrogens with one attached hydrogen (secondary N) is 2. The van der Waals surface area contributed by atoms with Gasteiger partial charge >= 0.3 is 5.97 Å². The smallest absolute Gasteiger partial charge is 0.322 e. The van der Waals surface area contributed by atoms with Gasteiger partial charge in [0.2, 0.25) is 0 Å². The van der Waals surface area contributed by atoms with E-state index in [2.05, 4.69) is 9.84 Å². The summed E-state index contributed by atoms with van der Waals surface area (Å²) in [5.41, 5.74) is 14.6. The summed E-state index contributed by atoms with van der Waals surface area (Å²) in [5.74, 6) is -0.477. The van der Waals surface area contributed by atoms with Crippen molar-refractivity contribution in [3.63, 3.8) is 0 Å². The van der Waals surface area contributed by atoms with Crippen molar-refractivity contribution in [3.05, 3.63) is 76.1 Å². The molecule has 0 saturated carbocycles. The average Bonchev–Trinajstić information content (AvgIpc) is 3.09. The molecule has 0 radical (unpaired) electrons. The number of ether oxygens (including phenoxy) is 1. The van der Waals surface area contributed by atoms with Gasteiger partial charge in [-0.2, -0.15) is 0 Å². The van der Waals surface area contributed by atoms with Crippen LogP contribution in [0.3, 0.4) is 0 Å². The number of hydrogen-bond acceptors (Lipinski definition) is 5. The second kappa shape index (κ2) is 7.93. The molecule has 3 rings (SSSR count). The molecule has 0 amide bonds. The zero-order valence-corrected chi connectivity index (χ0v) is 15.3. The Balaban J connectivity index is 1.82. The molecule has 1 aromatic heterocycles. The van der Waals surface area contributed by atoms with E-state index in [0.717, 1.165) is 11.1 Å². The lowest BCUT2D eigenvalue weighted by molar-refractivity contribution is -0.142. The van der Waals surface area contributed by atoms with Crippen LogP contribution in [0.25, 0.3) is 16.9 Å². The van der Waals surface area contributed by atoms with E-state index in [1.54, 1.807) is 36.4 Å². The second-order valence-corrected chi connectivity index (χ2v) is 6.33. The van der Waals surface area contributed by atoms with Crippen LogP contribution in [0.5, 0.6) is 0 Å². The number of H-pyrrole nitrogens is 1. The number of nitrogens with zero attached hydrogens (tertiary/aromatic N) is 1. The molecule has 6 N–H and O–H groups in total. The number of carbonyl (C=O) groups excluding carboxylic acids is 1. The van der Waals surface area contributed by atoms with Crippen LogP contribution in [0, 0.1) is 5.41 Å². The van der Waals surface area contributed by atoms with Crippen molar-refractivity contribution in [2.45, 2.75) is 12.5 Å². The van der Waals surface area contributed by atoms with Crippen molar-refractivity contribution in [3.8, 4) is 16.9 Å². The van der Waals surface area contributed by atoms with Gasteiger partial charge in [0.15, 0.2) is 0 Å². The zero-order valence-electron chi connectivity index (χ0n) is 15.3. The molecule has 3 aromatic rings. The Morgan fingerprint density at radius 1 is 1.18 bits per heavy atom. The van der Waals surface area contributed by atoms with Crippen LogP contribution in [0.1, 0.15) is 11.1 Å². The fourth-order valence-corrected chi connectivity index (χ4v) is 2.83. The largest absolute Gasteiger partial charge is 0.468 e. The number of aromatic nitrogens is 2. The molecule has 0 aliphatic rings. The van der Waals surface area contributed by atoms with E-state index >= 15 is 0 Å². The maximum atomic E-state index is 12.4. The highest BCUT2D eigenvalue weighted by atomic mass is 16.5. The first kappa shape index (κ1) is 19.1. The molecule has 1 unspecified atom stereocenters. The standard InChI is InChI=1S/C20H21N5O3/c1-28-20(27)16(21)10-12-2-8-15(9-3-12)25-18(26)11-17(24-25)13-4-6-14(7-5-13)19(22)23/h2-9,11,16,24H,10,21H2,1H3,(H3,22,23). The summed E-state index contributed by atoms with van der Waals surface area (Å²) < 4.78 is 6.05. The van der Waals surface area contributed by atoms with E-state index in [9.17, 15) is 9.59 Å². The molecule has 0 bridgehead atoms. The summed E-state index contributed by atoms with van der Waals surface area (Å²) in [5, 5.41) is 10.5. The molecule has 1 heterocycles. The highest BCUT2D eigenvalue weighted by Crippen LogP contribution is 2.18. The Morgan fingerprint density at radius 2 is 1.82 bits per heavy atom. The molecule has 0 spiro atoms. The first-order chi connectivity index (χ1) is 13.4. The minimum absolute atomic E-state index is 0.00961. The van der Waals surface area contributed by atoms with E-state index in [4.69, 9.17) is 16.9 Å². The molecule has 0 fully saturated rings. The topological polar surface area (TPSA) is 140 Å². The van der Waals surface area contributed by atoms with E-state index in [1.165, 1.54) is 17.9 Å². The van der Waals surface area contributed by atoms with Gasteiger partial charge in [-0.3, -0.25) is 20.1 Å². The lowest BCUT2D eigenvalue weighted by Crippen LogP contribution is -2.33. The van der Waals surface area contributed by atoms with Crippen molar-refractivity contribution in [2.24, 2.45) is 11.5 Å². The SMILES string of the molecule is COC(=O)C(N)Cc1ccc(-n2[nH]c(-c3ccc(C(=N)N)cc3)cc2=O)cc1. The highest BCUT2D eigenvalue weighted by molar-refractivity contribution is 5.95. The third-order valence-electron chi connectivity index (χ3n) is 4.38. The number of nitrogens with two attached hydrogens (primary N) is 2. The van der Waals surface area contributed by atoms with Gasteiger partial charge in [-0.1, -0.05) is 36.4 Å². The van der Waals surface area contributed by atoms with Gasteiger partial charge in [0.05, 0.1) is 18.5 Å². The summed E-state index contributed by atoms with van der Waals surface area (Å²) in [6.45, 7) is 0. The molecule has 0 saturated heterocycles. The van der Waals surface area contributed by atoms with Crippen molar-refractivity contribution in [2.75, 3.05) is 7.11 Å². The summed E-state index contributed by atoms with van der Waals surface area (Å²) in [6.07, 6.45) is 0.348. The number of nitrogen functional groups attached to an aromatic ring is 1. The number of amidine groups is 1. The van der Waals surface area contributed by atoms with E-state index in [0.29, 0.717) is 23.4 Å². The summed E-state index contributed by atoms with van der Waals surface area (Å²) in [6, 6.07) is 15.0. The number of carbonyl (C=O) groups is 1. The third-order valence-corrected chi connectivity index (χ3v) is 4.38. The maximum Gasteiger partial charge on any atom is 0.322 e. The summed E-state index contributed by atoms with van der Waals surface area (Å²) in [7, 11) is 1.30. The van der Waals surface area contributed by atoms with Crippen LogP contribution in [0.4, 0.5) is 0 Å². The van der Waals surface area contributed by atoms with Gasteiger partial charge < -0.3 is 16.2 Å². The average molecular weight is 379 g/mol. The predicted octanol–water partition coefficient (Wildman–Crippen LogP) is 1.16. The first-order valence-electron chi connectivity index (χ1n) is 8.58. The van der Waals surface area contributed by atoms with Gasteiger partial charge in [0, 0.05) is 11.6 Å². The van der Waals surface area contributed by atoms with Gasteiger partial charge in [-0.05, 0) is 29.7 Å². The molecule has 8 heteroatoms. The molecule has 2 aromatic carbocycles. The Hall–Kier alpha value is -3.65. The number of benzene rings is 2. The van der Waals surface area contributed by atoms with Gasteiger partial charge in [0.25, 0.3) is 5.56 Å². The number of methoxy groups -OCH3 is 1. The Morgan fingerprint density at radius 3 is 2.39 bits per heavy atom. The van der Waals surface area contributed by atoms with E-state index in [1.807, 2.05) is 12.1 Å². The molecule has 8 nitrogen and oxygen atoms in total. The van der Waals surface area contributed by atoms with Crippen LogP contribution in [0.15, 0.2) is 59.4 Å². The van der Waals surface area contributed by atoms with Crippen LogP contribution in [-0.2, 0) is 16.0 Å². The second-order valence-electron chi connectivity index (χ2n) is 6.33. The third kappa shape index (κ3) is 4.02. The zero-order chi connectivity index (χ0) is 20.3. The number of hydrogen-bond donors (Lipinski definition) is 4. The predicted molar refractivity (Wildman–Crippen MR) is 107 cm³/mol. The monoisotopic (exact) mass is 379 g/mol. The van der Waals surface area contributed by atoms with Crippen LogP contribution >= 0.6 is 0 Å². The molecule has 0 aliphatic carbocycles. The fourth-order valence-electron chi connectivity index (χ4n) is 2.83. The Labute approximate surface area is 161 Å². The molecular weight excluding hydrogens is 358 g/mol. The van der Waals surface area contributed by atoms with E-state index in [-0.39, 0.29) is 11.4 Å². The van der Waals surface area contributed by atoms with Gasteiger partial charge in [-0.25, -0.2) is 4.68 Å². The fraction of sp³-hybridized carbons (Fsp3) is 0.150. The van der Waals surface area contributed by atoms with Crippen molar-refractivity contribution < 1.29 is 9.53 Å². The number of esters is 1. The van der Waals surface area contributed by atoms with Crippen molar-refractivity contribution >= 4 is 11.8 Å². The van der Waals surface area contributed by atoms with Gasteiger partial charge in [-0.15, -0.1) is 0 Å². The van der Waals surface area contributed by atoms with Gasteiger partial charge in [0.1, 0.15) is 11.9 Å². The van der Waals surface area contributed by atoms with Crippen molar-refractivity contribution in [1.82, 2.24) is 9.78 Å². The number of aromatic amines is 1. The minimum atomic E-state index is -0.728. The molecular formula is C20H21N5O3. The van der Waals surface area contributed by atoms with Crippen LogP contribution < -0.4 is 17.0 Å². The van der Waals surface area contributed by atoms with Crippen LogP contribution in [0.2, 0.25) is 0 Å². The van der Waals surface area contributed by atoms with E-state index < -0.39 is 12.0 Å². The molecule has 0 aliphatic heterocycles. The van der Waals surface area contributed by atoms with Crippen LogP contribution in [-0.4, -0.2) is 34.7 Å². The molecule has 28 heavy (non-hydrogen) atoms. The minimum Gasteiger partial charge on any atom is -0.468 e. The maximum absolute atomic E-state index is 12.4. The lowest BCUT2D eigenvalue weighted by Gasteiger charge is -2.10. The quantitative estimate of drug-likeness (QED) is 0.289. The lowest BCUT2D eigenvalue weighted by atomic mass is 10.1. The summed E-state index contributed by atoms with van der Waals surface area (Å²) in [4.78, 5) is 23.8. The first-order valence-corrected chi connectivity index (χ1v) is 8.58.